The van der Waals surface area contributed by atoms with Gasteiger partial charge >= 0.3 is 0 Å². The fraction of sp³-hybridized carbons (Fsp3) is 0.211. The van der Waals surface area contributed by atoms with Crippen molar-refractivity contribution >= 4 is 28.8 Å². The largest absolute Gasteiger partial charge is 0.486 e. The second kappa shape index (κ2) is 7.05. The SMILES string of the molecule is Cc1ccc(C(=O)NC[C@@H]2Cc3cc(-c4cncnc4)cc(Cl)c3O2)s1. The summed E-state index contributed by atoms with van der Waals surface area (Å²) < 4.78 is 5.95. The minimum absolute atomic E-state index is 0.0733. The number of carbonyl (C=O) groups excluding carboxylic acids is 1. The van der Waals surface area contributed by atoms with Gasteiger partial charge in [-0.05, 0) is 36.8 Å². The van der Waals surface area contributed by atoms with Crippen LogP contribution in [0.25, 0.3) is 11.1 Å². The van der Waals surface area contributed by atoms with Crippen LogP contribution in [0.4, 0.5) is 0 Å². The van der Waals surface area contributed by atoms with Crippen LogP contribution < -0.4 is 10.1 Å². The molecule has 5 nitrogen and oxygen atoms in total. The number of fused-ring (bicyclic) bond motifs is 1. The first-order chi connectivity index (χ1) is 12.6. The number of nitrogens with one attached hydrogen (secondary N) is 1. The van der Waals surface area contributed by atoms with E-state index in [0.717, 1.165) is 21.6 Å². The molecule has 1 amide bonds. The van der Waals surface area contributed by atoms with Gasteiger partial charge in [-0.3, -0.25) is 4.79 Å². The highest BCUT2D eigenvalue weighted by atomic mass is 35.5. The van der Waals surface area contributed by atoms with Gasteiger partial charge < -0.3 is 10.1 Å². The van der Waals surface area contributed by atoms with Crippen molar-refractivity contribution in [2.45, 2.75) is 19.4 Å². The minimum Gasteiger partial charge on any atom is -0.486 e. The number of amides is 1. The fourth-order valence-electron chi connectivity index (χ4n) is 2.97. The summed E-state index contributed by atoms with van der Waals surface area (Å²) >= 11 is 7.88. The van der Waals surface area contributed by atoms with E-state index >= 15 is 0 Å². The minimum atomic E-state index is -0.130. The Morgan fingerprint density at radius 2 is 2.12 bits per heavy atom. The van der Waals surface area contributed by atoms with Crippen LogP contribution in [-0.2, 0) is 6.42 Å². The first-order valence-corrected chi connectivity index (χ1v) is 9.38. The third kappa shape index (κ3) is 3.43. The predicted octanol–water partition coefficient (Wildman–Crippen LogP) is 3.90. The molecule has 0 saturated heterocycles. The predicted molar refractivity (Wildman–Crippen MR) is 102 cm³/mol. The highest BCUT2D eigenvalue weighted by molar-refractivity contribution is 7.13. The van der Waals surface area contributed by atoms with Crippen LogP contribution in [0.3, 0.4) is 0 Å². The van der Waals surface area contributed by atoms with E-state index in [1.807, 2.05) is 31.2 Å². The molecule has 2 aromatic heterocycles. The van der Waals surface area contributed by atoms with Crippen LogP contribution in [0.5, 0.6) is 5.75 Å². The molecule has 0 radical (unpaired) electrons. The molecule has 0 bridgehead atoms. The summed E-state index contributed by atoms with van der Waals surface area (Å²) in [4.78, 5) is 22.1. The van der Waals surface area contributed by atoms with Crippen molar-refractivity contribution < 1.29 is 9.53 Å². The Morgan fingerprint density at radius 3 is 2.85 bits per heavy atom. The van der Waals surface area contributed by atoms with E-state index in [4.69, 9.17) is 16.3 Å². The van der Waals surface area contributed by atoms with Gasteiger partial charge in [0.05, 0.1) is 16.4 Å². The zero-order chi connectivity index (χ0) is 18.1. The number of nitrogens with zero attached hydrogens (tertiary/aromatic N) is 2. The number of thiophene rings is 1. The molecule has 1 atom stereocenters. The molecule has 1 N–H and O–H groups in total. The summed E-state index contributed by atoms with van der Waals surface area (Å²) in [6.45, 7) is 2.42. The lowest BCUT2D eigenvalue weighted by Crippen LogP contribution is -2.34. The number of benzene rings is 1. The Morgan fingerprint density at radius 1 is 1.31 bits per heavy atom. The Hall–Kier alpha value is -2.44. The summed E-state index contributed by atoms with van der Waals surface area (Å²) in [5, 5.41) is 3.50. The Bertz CT molecular complexity index is 959. The Balaban J connectivity index is 1.45. The zero-order valence-corrected chi connectivity index (χ0v) is 15.6. The van der Waals surface area contributed by atoms with E-state index in [1.165, 1.54) is 17.7 Å². The van der Waals surface area contributed by atoms with Crippen LogP contribution in [0.1, 0.15) is 20.1 Å². The van der Waals surface area contributed by atoms with Gasteiger partial charge in [-0.25, -0.2) is 9.97 Å². The van der Waals surface area contributed by atoms with E-state index < -0.39 is 0 Å². The smallest absolute Gasteiger partial charge is 0.261 e. The van der Waals surface area contributed by atoms with E-state index in [1.54, 1.807) is 12.4 Å². The molecule has 0 unspecified atom stereocenters. The maximum atomic E-state index is 12.2. The van der Waals surface area contributed by atoms with Gasteiger partial charge in [0, 0.05) is 34.8 Å². The summed E-state index contributed by atoms with van der Waals surface area (Å²) in [6, 6.07) is 7.68. The number of halogens is 1. The molecule has 3 aromatic rings. The fourth-order valence-corrected chi connectivity index (χ4v) is 4.03. The topological polar surface area (TPSA) is 64.1 Å². The first kappa shape index (κ1) is 17.0. The van der Waals surface area contributed by atoms with Crippen molar-refractivity contribution in [3.05, 3.63) is 63.3 Å². The Kier molecular flexibility index (Phi) is 4.61. The maximum absolute atomic E-state index is 12.2. The summed E-state index contributed by atoms with van der Waals surface area (Å²) in [7, 11) is 0. The number of aromatic nitrogens is 2. The average molecular weight is 386 g/mol. The molecule has 3 heterocycles. The molecular weight excluding hydrogens is 370 g/mol. The second-order valence-electron chi connectivity index (χ2n) is 6.14. The summed E-state index contributed by atoms with van der Waals surface area (Å²) in [6.07, 6.45) is 5.56. The molecule has 1 aromatic carbocycles. The summed E-state index contributed by atoms with van der Waals surface area (Å²) in [5.41, 5.74) is 2.89. The number of aryl methyl sites for hydroxylation is 1. The highest BCUT2D eigenvalue weighted by Gasteiger charge is 2.26. The lowest BCUT2D eigenvalue weighted by atomic mass is 10.0. The number of carbonyl (C=O) groups is 1. The second-order valence-corrected chi connectivity index (χ2v) is 7.83. The number of rotatable bonds is 4. The number of ether oxygens (including phenoxy) is 1. The summed E-state index contributed by atoms with van der Waals surface area (Å²) in [5.74, 6) is 0.620. The zero-order valence-electron chi connectivity index (χ0n) is 14.0. The van der Waals surface area contributed by atoms with E-state index in [-0.39, 0.29) is 12.0 Å². The molecule has 0 fully saturated rings. The van der Waals surface area contributed by atoms with Crippen molar-refractivity contribution in [2.75, 3.05) is 6.54 Å². The monoisotopic (exact) mass is 385 g/mol. The van der Waals surface area contributed by atoms with Crippen LogP contribution in [0, 0.1) is 6.92 Å². The van der Waals surface area contributed by atoms with E-state index in [0.29, 0.717) is 28.6 Å². The van der Waals surface area contributed by atoms with Crippen molar-refractivity contribution in [3.63, 3.8) is 0 Å². The normalized spacial score (nSPS) is 15.4. The molecule has 0 spiro atoms. The molecule has 1 aliphatic rings. The molecule has 0 aliphatic carbocycles. The van der Waals surface area contributed by atoms with Gasteiger partial charge in [-0.2, -0.15) is 0 Å². The third-order valence-corrected chi connectivity index (χ3v) is 5.48. The van der Waals surface area contributed by atoms with Crippen LogP contribution >= 0.6 is 22.9 Å². The quantitative estimate of drug-likeness (QED) is 0.739. The first-order valence-electron chi connectivity index (χ1n) is 8.19. The van der Waals surface area contributed by atoms with E-state index in [2.05, 4.69) is 15.3 Å². The van der Waals surface area contributed by atoms with Gasteiger partial charge in [0.25, 0.3) is 5.91 Å². The van der Waals surface area contributed by atoms with Gasteiger partial charge in [0.15, 0.2) is 0 Å². The van der Waals surface area contributed by atoms with Crippen molar-refractivity contribution in [1.82, 2.24) is 15.3 Å². The average Bonchev–Trinajstić information content (AvgIpc) is 3.27. The molecule has 1 aliphatic heterocycles. The van der Waals surface area contributed by atoms with E-state index in [9.17, 15) is 4.79 Å². The number of hydrogen-bond donors (Lipinski definition) is 1. The Labute approximate surface area is 160 Å². The highest BCUT2D eigenvalue weighted by Crippen LogP contribution is 2.39. The van der Waals surface area contributed by atoms with Gasteiger partial charge in [0.2, 0.25) is 0 Å². The van der Waals surface area contributed by atoms with Gasteiger partial charge in [-0.15, -0.1) is 11.3 Å². The lowest BCUT2D eigenvalue weighted by Gasteiger charge is -2.12. The molecular formula is C19H16ClN3O2S. The molecule has 132 valence electrons. The maximum Gasteiger partial charge on any atom is 0.261 e. The molecule has 26 heavy (non-hydrogen) atoms. The van der Waals surface area contributed by atoms with Gasteiger partial charge in [0.1, 0.15) is 18.2 Å². The third-order valence-electron chi connectivity index (χ3n) is 4.20. The van der Waals surface area contributed by atoms with Crippen molar-refractivity contribution in [1.29, 1.82) is 0 Å². The number of hydrogen-bond acceptors (Lipinski definition) is 5. The molecule has 7 heteroatoms. The van der Waals surface area contributed by atoms with Crippen molar-refractivity contribution in [3.8, 4) is 16.9 Å². The van der Waals surface area contributed by atoms with Crippen LogP contribution in [0.15, 0.2) is 43.0 Å². The van der Waals surface area contributed by atoms with Crippen molar-refractivity contribution in [2.24, 2.45) is 0 Å². The van der Waals surface area contributed by atoms with Crippen LogP contribution in [-0.4, -0.2) is 28.5 Å². The standard InChI is InChI=1S/C19H16ClN3O2S/c1-11-2-3-17(26-11)19(24)23-9-15-5-13-4-12(6-16(20)18(13)25-15)14-7-21-10-22-8-14/h2-4,6-8,10,15H,5,9H2,1H3,(H,23,24)/t15-/m0/s1. The molecule has 0 saturated carbocycles. The van der Waals surface area contributed by atoms with Gasteiger partial charge in [-0.1, -0.05) is 11.6 Å². The van der Waals surface area contributed by atoms with Crippen LogP contribution in [0.2, 0.25) is 5.02 Å². The molecule has 4 rings (SSSR count). The lowest BCUT2D eigenvalue weighted by molar-refractivity contribution is 0.0937.